The average Bonchev–Trinajstić information content (AvgIpc) is 2.97. The molecule has 1 fully saturated rings. The second kappa shape index (κ2) is 7.51. The highest BCUT2D eigenvalue weighted by molar-refractivity contribution is 6.31. The van der Waals surface area contributed by atoms with E-state index in [1.54, 1.807) is 0 Å². The van der Waals surface area contributed by atoms with Gasteiger partial charge in [0.15, 0.2) is 0 Å². The number of nitrogens with zero attached hydrogens (tertiary/aromatic N) is 1. The van der Waals surface area contributed by atoms with Crippen LogP contribution >= 0.6 is 11.6 Å². The number of aliphatic hydroxyl groups is 1. The zero-order chi connectivity index (χ0) is 16.2. The molecule has 2 atom stereocenters. The minimum absolute atomic E-state index is 0.0162. The third-order valence-electron chi connectivity index (χ3n) is 4.62. The number of fused-ring (bicyclic) bond motifs is 1. The topological polar surface area (TPSA) is 61.8 Å². The van der Waals surface area contributed by atoms with Gasteiger partial charge in [0.25, 0.3) is 0 Å². The maximum atomic E-state index is 12.5. The molecular weight excluding hydrogens is 316 g/mol. The van der Waals surface area contributed by atoms with Gasteiger partial charge in [0.2, 0.25) is 0 Å². The molecule has 1 aliphatic carbocycles. The van der Waals surface area contributed by atoms with Crippen molar-refractivity contribution >= 4 is 17.6 Å². The van der Waals surface area contributed by atoms with E-state index in [4.69, 9.17) is 21.4 Å². The van der Waals surface area contributed by atoms with Crippen molar-refractivity contribution in [3.63, 3.8) is 0 Å². The summed E-state index contributed by atoms with van der Waals surface area (Å²) in [5, 5.41) is 12.8. The molecule has 0 saturated carbocycles. The molecule has 1 aromatic carbocycles. The molecule has 1 aliphatic heterocycles. The molecule has 6 heteroatoms. The van der Waals surface area contributed by atoms with Crippen LogP contribution in [0.3, 0.4) is 0 Å². The molecule has 1 heterocycles. The number of nitrogens with one attached hydrogen (secondary N) is 1. The summed E-state index contributed by atoms with van der Waals surface area (Å²) in [6.07, 6.45) is 3.68. The van der Waals surface area contributed by atoms with Crippen molar-refractivity contribution in [2.75, 3.05) is 26.3 Å². The first-order valence-electron chi connectivity index (χ1n) is 8.24. The van der Waals surface area contributed by atoms with Crippen LogP contribution in [-0.2, 0) is 11.2 Å². The highest BCUT2D eigenvalue weighted by Gasteiger charge is 2.29. The first kappa shape index (κ1) is 16.6. The molecule has 1 saturated heterocycles. The van der Waals surface area contributed by atoms with E-state index in [-0.39, 0.29) is 24.8 Å². The van der Waals surface area contributed by atoms with Crippen molar-refractivity contribution in [2.24, 2.45) is 0 Å². The molecule has 0 bridgehead atoms. The lowest BCUT2D eigenvalue weighted by atomic mass is 10.1. The summed E-state index contributed by atoms with van der Waals surface area (Å²) in [5.41, 5.74) is 2.29. The van der Waals surface area contributed by atoms with Gasteiger partial charge in [0.1, 0.15) is 0 Å². The summed E-state index contributed by atoms with van der Waals surface area (Å²) in [6.45, 7) is 1.68. The van der Waals surface area contributed by atoms with E-state index in [2.05, 4.69) is 5.32 Å². The van der Waals surface area contributed by atoms with Crippen LogP contribution in [0.1, 0.15) is 36.4 Å². The molecule has 0 unspecified atom stereocenters. The lowest BCUT2D eigenvalue weighted by molar-refractivity contribution is -0.00600. The fraction of sp³-hybridized carbons (Fsp3) is 0.588. The van der Waals surface area contributed by atoms with Crippen LogP contribution < -0.4 is 5.32 Å². The van der Waals surface area contributed by atoms with Crippen molar-refractivity contribution in [3.05, 3.63) is 34.3 Å². The van der Waals surface area contributed by atoms with E-state index < -0.39 is 0 Å². The number of carbonyl (C=O) groups excluding carboxylic acids is 1. The number of benzene rings is 1. The maximum absolute atomic E-state index is 12.5. The average molecular weight is 339 g/mol. The summed E-state index contributed by atoms with van der Waals surface area (Å²) in [4.78, 5) is 14.4. The molecule has 3 rings (SSSR count). The van der Waals surface area contributed by atoms with Gasteiger partial charge < -0.3 is 20.1 Å². The smallest absolute Gasteiger partial charge is 0.317 e. The Morgan fingerprint density at radius 2 is 2.30 bits per heavy atom. The Kier molecular flexibility index (Phi) is 5.41. The summed E-state index contributed by atoms with van der Waals surface area (Å²) < 4.78 is 5.57. The summed E-state index contributed by atoms with van der Waals surface area (Å²) in [6, 6.07) is 5.88. The number of urea groups is 1. The number of carbonyl (C=O) groups is 1. The van der Waals surface area contributed by atoms with E-state index in [0.29, 0.717) is 13.2 Å². The standard InChI is InChI=1S/C17H23ClN2O3/c18-15-5-1-4-14-13(15)6-7-16(14)19-17(22)20-8-2-3-12(11-20)23-10-9-21/h1,4-5,12,16,21H,2-3,6-11H2,(H,19,22)/t12-,16-/m1/s1. The van der Waals surface area contributed by atoms with Gasteiger partial charge in [-0.25, -0.2) is 4.79 Å². The second-order valence-corrected chi connectivity index (χ2v) is 6.56. The van der Waals surface area contributed by atoms with Crippen LogP contribution in [0.2, 0.25) is 5.02 Å². The van der Waals surface area contributed by atoms with Gasteiger partial charge in [0, 0.05) is 18.1 Å². The van der Waals surface area contributed by atoms with Crippen LogP contribution in [0, 0.1) is 0 Å². The van der Waals surface area contributed by atoms with Crippen LogP contribution in [0.4, 0.5) is 4.79 Å². The molecule has 126 valence electrons. The van der Waals surface area contributed by atoms with E-state index in [0.717, 1.165) is 48.4 Å². The normalized spacial score (nSPS) is 23.7. The molecule has 2 N–H and O–H groups in total. The van der Waals surface area contributed by atoms with Gasteiger partial charge in [-0.3, -0.25) is 0 Å². The van der Waals surface area contributed by atoms with Crippen molar-refractivity contribution in [1.82, 2.24) is 10.2 Å². The SMILES string of the molecule is O=C(N[C@@H]1CCc2c(Cl)cccc21)N1CCC[C@@H](OCCO)C1. The number of hydrogen-bond donors (Lipinski definition) is 2. The quantitative estimate of drug-likeness (QED) is 0.886. The van der Waals surface area contributed by atoms with E-state index >= 15 is 0 Å². The van der Waals surface area contributed by atoms with Gasteiger partial charge in [-0.1, -0.05) is 23.7 Å². The first-order valence-corrected chi connectivity index (χ1v) is 8.62. The Balaban J connectivity index is 1.59. The first-order chi connectivity index (χ1) is 11.2. The number of aliphatic hydroxyl groups excluding tert-OH is 1. The molecule has 0 radical (unpaired) electrons. The highest BCUT2D eigenvalue weighted by atomic mass is 35.5. The van der Waals surface area contributed by atoms with E-state index in [9.17, 15) is 4.79 Å². The molecule has 0 spiro atoms. The van der Waals surface area contributed by atoms with Crippen LogP contribution in [-0.4, -0.2) is 48.4 Å². The third kappa shape index (κ3) is 3.79. The predicted octanol–water partition coefficient (Wildman–Crippen LogP) is 2.51. The summed E-state index contributed by atoms with van der Waals surface area (Å²) in [7, 11) is 0. The van der Waals surface area contributed by atoms with Crippen LogP contribution in [0.15, 0.2) is 18.2 Å². The summed E-state index contributed by atoms with van der Waals surface area (Å²) in [5.74, 6) is 0. The minimum Gasteiger partial charge on any atom is -0.394 e. The van der Waals surface area contributed by atoms with Gasteiger partial charge in [0.05, 0.1) is 25.4 Å². The Bertz CT molecular complexity index is 567. The number of likely N-dealkylation sites (tertiary alicyclic amines) is 1. The minimum atomic E-state index is -0.0416. The van der Waals surface area contributed by atoms with Crippen molar-refractivity contribution in [2.45, 2.75) is 37.8 Å². The lowest BCUT2D eigenvalue weighted by Gasteiger charge is -2.33. The molecule has 2 amide bonds. The molecule has 1 aromatic rings. The van der Waals surface area contributed by atoms with Crippen LogP contribution in [0.5, 0.6) is 0 Å². The predicted molar refractivity (Wildman–Crippen MR) is 88.7 cm³/mol. The Morgan fingerprint density at radius 3 is 3.13 bits per heavy atom. The number of ether oxygens (including phenoxy) is 1. The highest BCUT2D eigenvalue weighted by Crippen LogP contribution is 2.35. The number of rotatable bonds is 4. The third-order valence-corrected chi connectivity index (χ3v) is 4.98. The van der Waals surface area contributed by atoms with Gasteiger partial charge in [-0.15, -0.1) is 0 Å². The van der Waals surface area contributed by atoms with E-state index in [1.807, 2.05) is 23.1 Å². The summed E-state index contributed by atoms with van der Waals surface area (Å²) >= 11 is 6.23. The van der Waals surface area contributed by atoms with Crippen LogP contribution in [0.25, 0.3) is 0 Å². The zero-order valence-electron chi connectivity index (χ0n) is 13.1. The Labute approximate surface area is 141 Å². The van der Waals surface area contributed by atoms with Crippen molar-refractivity contribution in [3.8, 4) is 0 Å². The maximum Gasteiger partial charge on any atom is 0.317 e. The fourth-order valence-corrected chi connectivity index (χ4v) is 3.75. The zero-order valence-corrected chi connectivity index (χ0v) is 13.9. The second-order valence-electron chi connectivity index (χ2n) is 6.15. The Hall–Kier alpha value is -1.30. The number of piperidine rings is 1. The van der Waals surface area contributed by atoms with Gasteiger partial charge in [-0.2, -0.15) is 0 Å². The molecule has 23 heavy (non-hydrogen) atoms. The fourth-order valence-electron chi connectivity index (χ4n) is 3.48. The number of halogens is 1. The van der Waals surface area contributed by atoms with Crippen molar-refractivity contribution < 1.29 is 14.6 Å². The molecule has 5 nitrogen and oxygen atoms in total. The number of amides is 2. The molecule has 0 aromatic heterocycles. The largest absolute Gasteiger partial charge is 0.394 e. The van der Waals surface area contributed by atoms with E-state index in [1.165, 1.54) is 0 Å². The molecule has 2 aliphatic rings. The van der Waals surface area contributed by atoms with Crippen molar-refractivity contribution in [1.29, 1.82) is 0 Å². The van der Waals surface area contributed by atoms with Gasteiger partial charge in [-0.05, 0) is 42.9 Å². The lowest BCUT2D eigenvalue weighted by Crippen LogP contribution is -2.48. The molecular formula is C17H23ClN2O3. The monoisotopic (exact) mass is 338 g/mol. The Morgan fingerprint density at radius 1 is 1.43 bits per heavy atom. The number of hydrogen-bond acceptors (Lipinski definition) is 3. The van der Waals surface area contributed by atoms with Gasteiger partial charge >= 0.3 is 6.03 Å².